The summed E-state index contributed by atoms with van der Waals surface area (Å²) in [4.78, 5) is 12.0. The molecule has 0 aromatic heterocycles. The summed E-state index contributed by atoms with van der Waals surface area (Å²) in [5, 5.41) is 2.76. The zero-order valence-electron chi connectivity index (χ0n) is 14.8. The molecule has 0 spiro atoms. The number of carbonyl (C=O) groups excluding carboxylic acids is 1. The molecule has 0 atom stereocenters. The summed E-state index contributed by atoms with van der Waals surface area (Å²) >= 11 is 5.89. The second-order valence-corrected chi connectivity index (χ2v) is 8.39. The number of sulfonamides is 1. The van der Waals surface area contributed by atoms with E-state index in [4.69, 9.17) is 11.6 Å². The molecule has 0 unspecified atom stereocenters. The number of alkyl halides is 3. The fraction of sp³-hybridized carbons (Fsp3) is 0.278. The summed E-state index contributed by atoms with van der Waals surface area (Å²) in [5.74, 6) is -0.515. The van der Waals surface area contributed by atoms with E-state index >= 15 is 0 Å². The normalized spacial score (nSPS) is 11.9. The van der Waals surface area contributed by atoms with E-state index in [1.54, 1.807) is 18.2 Å². The summed E-state index contributed by atoms with van der Waals surface area (Å²) in [6, 6.07) is 10.6. The molecule has 10 heteroatoms. The highest BCUT2D eigenvalue weighted by Gasteiger charge is 2.30. The molecule has 0 aliphatic heterocycles. The molecule has 2 aromatic carbocycles. The molecule has 0 saturated carbocycles. The highest BCUT2D eigenvalue weighted by molar-refractivity contribution is 7.92. The zero-order valence-corrected chi connectivity index (χ0v) is 16.4. The highest BCUT2D eigenvalue weighted by atomic mass is 35.5. The maximum absolute atomic E-state index is 12.7. The largest absolute Gasteiger partial charge is 0.416 e. The number of benzene rings is 2. The molecular formula is C18H18ClF3N2O3S. The maximum Gasteiger partial charge on any atom is 0.416 e. The van der Waals surface area contributed by atoms with E-state index in [0.29, 0.717) is 10.7 Å². The summed E-state index contributed by atoms with van der Waals surface area (Å²) < 4.78 is 63.3. The van der Waals surface area contributed by atoms with Gasteiger partial charge in [-0.1, -0.05) is 23.7 Å². The lowest BCUT2D eigenvalue weighted by Crippen LogP contribution is -2.31. The van der Waals surface area contributed by atoms with E-state index in [1.807, 2.05) is 0 Å². The first-order valence-corrected chi connectivity index (χ1v) is 10.4. The quantitative estimate of drug-likeness (QED) is 0.695. The third-order valence-electron chi connectivity index (χ3n) is 3.74. The second kappa shape index (κ2) is 8.83. The molecule has 5 nitrogen and oxygen atoms in total. The molecule has 0 bridgehead atoms. The van der Waals surface area contributed by atoms with Gasteiger partial charge in [0.1, 0.15) is 0 Å². The molecule has 152 valence electrons. The van der Waals surface area contributed by atoms with Gasteiger partial charge in [0.05, 0.1) is 17.5 Å². The SMILES string of the molecule is CS(=O)(=O)N(CCCC(=O)Nc1cccc(C(F)(F)F)c1)c1cccc(Cl)c1. The van der Waals surface area contributed by atoms with Crippen LogP contribution in [-0.4, -0.2) is 27.1 Å². The van der Waals surface area contributed by atoms with E-state index in [9.17, 15) is 26.4 Å². The number of halogens is 4. The van der Waals surface area contributed by atoms with Gasteiger partial charge >= 0.3 is 6.18 Å². The first-order chi connectivity index (χ1) is 13.0. The predicted octanol–water partition coefficient (Wildman–Crippen LogP) is 4.54. The van der Waals surface area contributed by atoms with Gasteiger partial charge in [-0.25, -0.2) is 8.42 Å². The van der Waals surface area contributed by atoms with Gasteiger partial charge in [0.2, 0.25) is 15.9 Å². The number of hydrogen-bond acceptors (Lipinski definition) is 3. The average molecular weight is 435 g/mol. The minimum Gasteiger partial charge on any atom is -0.326 e. The van der Waals surface area contributed by atoms with Crippen LogP contribution < -0.4 is 9.62 Å². The monoisotopic (exact) mass is 434 g/mol. The molecular weight excluding hydrogens is 417 g/mol. The van der Waals surface area contributed by atoms with Crippen molar-refractivity contribution in [3.63, 3.8) is 0 Å². The van der Waals surface area contributed by atoms with Crippen LogP contribution in [0.5, 0.6) is 0 Å². The summed E-state index contributed by atoms with van der Waals surface area (Å²) in [6.07, 6.45) is -3.36. The van der Waals surface area contributed by atoms with Gasteiger partial charge in [-0.15, -0.1) is 0 Å². The molecule has 0 heterocycles. The fourth-order valence-corrected chi connectivity index (χ4v) is 3.64. The molecule has 0 aliphatic carbocycles. The third-order valence-corrected chi connectivity index (χ3v) is 5.16. The van der Waals surface area contributed by atoms with E-state index in [1.165, 1.54) is 18.2 Å². The number of nitrogens with zero attached hydrogens (tertiary/aromatic N) is 1. The molecule has 0 radical (unpaired) electrons. The first-order valence-electron chi connectivity index (χ1n) is 8.17. The topological polar surface area (TPSA) is 66.5 Å². The Morgan fingerprint density at radius 2 is 1.82 bits per heavy atom. The Morgan fingerprint density at radius 3 is 2.43 bits per heavy atom. The predicted molar refractivity (Wildman–Crippen MR) is 103 cm³/mol. The highest BCUT2D eigenvalue weighted by Crippen LogP contribution is 2.30. The van der Waals surface area contributed by atoms with Crippen molar-refractivity contribution in [1.29, 1.82) is 0 Å². The van der Waals surface area contributed by atoms with E-state index in [2.05, 4.69) is 5.32 Å². The van der Waals surface area contributed by atoms with Crippen molar-refractivity contribution in [2.24, 2.45) is 0 Å². The van der Waals surface area contributed by atoms with Crippen LogP contribution in [0.3, 0.4) is 0 Å². The van der Waals surface area contributed by atoms with Gasteiger partial charge in [-0.05, 0) is 42.8 Å². The van der Waals surface area contributed by atoms with Gasteiger partial charge in [-0.3, -0.25) is 9.10 Å². The molecule has 1 amide bonds. The van der Waals surface area contributed by atoms with Crippen LogP contribution in [0, 0.1) is 0 Å². The molecule has 2 rings (SSSR count). The van der Waals surface area contributed by atoms with Crippen molar-refractivity contribution < 1.29 is 26.4 Å². The van der Waals surface area contributed by atoms with Crippen molar-refractivity contribution >= 4 is 38.9 Å². The number of amides is 1. The number of rotatable bonds is 7. The summed E-state index contributed by atoms with van der Waals surface area (Å²) in [5.41, 5.74) is -0.475. The number of anilines is 2. The summed E-state index contributed by atoms with van der Waals surface area (Å²) in [7, 11) is -3.60. The third kappa shape index (κ3) is 6.42. The van der Waals surface area contributed by atoms with Crippen LogP contribution >= 0.6 is 11.6 Å². The van der Waals surface area contributed by atoms with Crippen molar-refractivity contribution in [2.75, 3.05) is 22.4 Å². The minimum atomic E-state index is -4.51. The van der Waals surface area contributed by atoms with Crippen LogP contribution in [0.4, 0.5) is 24.5 Å². The lowest BCUT2D eigenvalue weighted by Gasteiger charge is -2.22. The van der Waals surface area contributed by atoms with E-state index in [-0.39, 0.29) is 25.1 Å². The van der Waals surface area contributed by atoms with E-state index in [0.717, 1.165) is 22.7 Å². The Kier molecular flexibility index (Phi) is 6.95. The Morgan fingerprint density at radius 1 is 1.14 bits per heavy atom. The molecule has 28 heavy (non-hydrogen) atoms. The van der Waals surface area contributed by atoms with Crippen molar-refractivity contribution in [3.8, 4) is 0 Å². The molecule has 0 fully saturated rings. The van der Waals surface area contributed by atoms with Gasteiger partial charge < -0.3 is 5.32 Å². The number of hydrogen-bond donors (Lipinski definition) is 1. The van der Waals surface area contributed by atoms with Gasteiger partial charge in [-0.2, -0.15) is 13.2 Å². The minimum absolute atomic E-state index is 0.0228. The van der Waals surface area contributed by atoms with Crippen molar-refractivity contribution in [1.82, 2.24) is 0 Å². The van der Waals surface area contributed by atoms with Crippen LogP contribution in [0.2, 0.25) is 5.02 Å². The van der Waals surface area contributed by atoms with Crippen LogP contribution in [-0.2, 0) is 21.0 Å². The van der Waals surface area contributed by atoms with Crippen LogP contribution in [0.15, 0.2) is 48.5 Å². The standard InChI is InChI=1S/C18H18ClF3N2O3S/c1-28(26,27)24(16-8-3-6-14(19)12-16)10-4-9-17(25)23-15-7-2-5-13(11-15)18(20,21)22/h2-3,5-8,11-12H,4,9-10H2,1H3,(H,23,25). The second-order valence-electron chi connectivity index (χ2n) is 6.05. The lowest BCUT2D eigenvalue weighted by molar-refractivity contribution is -0.137. The van der Waals surface area contributed by atoms with Gasteiger partial charge in [0, 0.05) is 23.7 Å². The summed E-state index contributed by atoms with van der Waals surface area (Å²) in [6.45, 7) is 0.0230. The van der Waals surface area contributed by atoms with Crippen LogP contribution in [0.25, 0.3) is 0 Å². The molecule has 0 aliphatic rings. The van der Waals surface area contributed by atoms with Crippen molar-refractivity contribution in [2.45, 2.75) is 19.0 Å². The first kappa shape index (κ1) is 22.0. The Labute approximate surface area is 166 Å². The van der Waals surface area contributed by atoms with Gasteiger partial charge in [0.15, 0.2) is 0 Å². The molecule has 2 aromatic rings. The fourth-order valence-electron chi connectivity index (χ4n) is 2.50. The van der Waals surface area contributed by atoms with Gasteiger partial charge in [0.25, 0.3) is 0 Å². The number of nitrogens with one attached hydrogen (secondary N) is 1. The molecule has 0 saturated heterocycles. The van der Waals surface area contributed by atoms with Crippen molar-refractivity contribution in [3.05, 3.63) is 59.1 Å². The smallest absolute Gasteiger partial charge is 0.326 e. The Balaban J connectivity index is 1.98. The number of carbonyl (C=O) groups is 1. The van der Waals surface area contributed by atoms with E-state index < -0.39 is 27.7 Å². The Bertz CT molecular complexity index is 949. The van der Waals surface area contributed by atoms with Crippen LogP contribution in [0.1, 0.15) is 18.4 Å². The maximum atomic E-state index is 12.7. The molecule has 1 N–H and O–H groups in total. The Hall–Kier alpha value is -2.26. The zero-order chi connectivity index (χ0) is 20.9. The average Bonchev–Trinajstić information content (AvgIpc) is 2.57. The lowest BCUT2D eigenvalue weighted by atomic mass is 10.2.